The van der Waals surface area contributed by atoms with Gasteiger partial charge in [0.15, 0.2) is 14.9 Å². The lowest BCUT2D eigenvalue weighted by molar-refractivity contribution is 0.601. The summed E-state index contributed by atoms with van der Waals surface area (Å²) in [7, 11) is -1.39. The molecule has 0 spiro atoms. The molecule has 6 heteroatoms. The second-order valence-electron chi connectivity index (χ2n) is 3.79. The molecule has 0 heterocycles. The van der Waals surface area contributed by atoms with Gasteiger partial charge in [-0.15, -0.1) is 0 Å². The first-order chi connectivity index (χ1) is 7.84. The van der Waals surface area contributed by atoms with Crippen molar-refractivity contribution in [3.63, 3.8) is 0 Å². The first-order valence-corrected chi connectivity index (χ1v) is 7.43. The normalized spacial score (nSPS) is 12.9. The molecule has 0 saturated heterocycles. The van der Waals surface area contributed by atoms with E-state index in [1.807, 2.05) is 6.92 Å². The van der Waals surface area contributed by atoms with Crippen molar-refractivity contribution in [3.05, 3.63) is 29.8 Å². The van der Waals surface area contributed by atoms with E-state index in [9.17, 15) is 8.42 Å². The fourth-order valence-corrected chi connectivity index (χ4v) is 2.16. The van der Waals surface area contributed by atoms with E-state index >= 15 is 0 Å². The summed E-state index contributed by atoms with van der Waals surface area (Å²) in [5.41, 5.74) is 0.981. The summed E-state index contributed by atoms with van der Waals surface area (Å²) in [6, 6.07) is 6.80. The van der Waals surface area contributed by atoms with E-state index in [0.717, 1.165) is 5.56 Å². The van der Waals surface area contributed by atoms with Gasteiger partial charge in [0, 0.05) is 13.3 Å². The molecule has 94 valence electrons. The maximum atomic E-state index is 11.3. The number of rotatable bonds is 3. The van der Waals surface area contributed by atoms with E-state index in [-0.39, 0.29) is 6.04 Å². The van der Waals surface area contributed by atoms with Gasteiger partial charge < -0.3 is 10.6 Å². The Morgan fingerprint density at radius 3 is 2.24 bits per heavy atom. The van der Waals surface area contributed by atoms with E-state index in [0.29, 0.717) is 10.0 Å². The van der Waals surface area contributed by atoms with Crippen LogP contribution < -0.4 is 10.6 Å². The lowest BCUT2D eigenvalue weighted by Crippen LogP contribution is -2.34. The Labute approximate surface area is 107 Å². The van der Waals surface area contributed by atoms with Gasteiger partial charge in [0.1, 0.15) is 0 Å². The predicted octanol–water partition coefficient (Wildman–Crippen LogP) is 1.24. The largest absolute Gasteiger partial charge is 0.366 e. The van der Waals surface area contributed by atoms with Crippen LogP contribution in [0.3, 0.4) is 0 Å². The molecule has 0 radical (unpaired) electrons. The Kier molecular flexibility index (Phi) is 4.47. The van der Waals surface area contributed by atoms with Crippen LogP contribution in [-0.4, -0.2) is 26.8 Å². The van der Waals surface area contributed by atoms with Crippen molar-refractivity contribution in [2.45, 2.75) is 17.9 Å². The van der Waals surface area contributed by atoms with Gasteiger partial charge in [-0.3, -0.25) is 0 Å². The number of sulfone groups is 1. The summed E-state index contributed by atoms with van der Waals surface area (Å²) in [6.45, 7) is 1.96. The zero-order chi connectivity index (χ0) is 13.1. The van der Waals surface area contributed by atoms with Gasteiger partial charge in [0.2, 0.25) is 0 Å². The number of thiocarbonyl (C=S) groups is 1. The maximum absolute atomic E-state index is 11.3. The average molecular weight is 272 g/mol. The monoisotopic (exact) mass is 272 g/mol. The Bertz CT molecular complexity index is 495. The van der Waals surface area contributed by atoms with Crippen molar-refractivity contribution in [1.29, 1.82) is 0 Å². The van der Waals surface area contributed by atoms with Gasteiger partial charge in [-0.05, 0) is 36.8 Å². The minimum Gasteiger partial charge on any atom is -0.366 e. The summed E-state index contributed by atoms with van der Waals surface area (Å²) in [6.07, 6.45) is 1.19. The highest BCUT2D eigenvalue weighted by Crippen LogP contribution is 2.15. The summed E-state index contributed by atoms with van der Waals surface area (Å²) in [5.74, 6) is 0. The molecule has 0 aliphatic carbocycles. The molecule has 0 aliphatic rings. The third-order valence-electron chi connectivity index (χ3n) is 2.38. The van der Waals surface area contributed by atoms with Crippen molar-refractivity contribution in [1.82, 2.24) is 10.6 Å². The van der Waals surface area contributed by atoms with Crippen LogP contribution in [0.1, 0.15) is 18.5 Å². The minimum atomic E-state index is -3.13. The third kappa shape index (κ3) is 3.98. The molecule has 0 aliphatic heterocycles. The van der Waals surface area contributed by atoms with Crippen LogP contribution in [0.5, 0.6) is 0 Å². The summed E-state index contributed by atoms with van der Waals surface area (Å²) < 4.78 is 22.6. The summed E-state index contributed by atoms with van der Waals surface area (Å²) in [4.78, 5) is 0.324. The highest BCUT2D eigenvalue weighted by Gasteiger charge is 2.09. The number of nitrogens with one attached hydrogen (secondary N) is 2. The molecular weight excluding hydrogens is 256 g/mol. The van der Waals surface area contributed by atoms with Crippen LogP contribution in [0, 0.1) is 0 Å². The summed E-state index contributed by atoms with van der Waals surface area (Å²) in [5, 5.41) is 6.46. The molecule has 17 heavy (non-hydrogen) atoms. The van der Waals surface area contributed by atoms with Gasteiger partial charge >= 0.3 is 0 Å². The van der Waals surface area contributed by atoms with E-state index in [4.69, 9.17) is 12.2 Å². The number of hydrogen-bond donors (Lipinski definition) is 2. The van der Waals surface area contributed by atoms with Crippen LogP contribution in [0.25, 0.3) is 0 Å². The Balaban J connectivity index is 2.84. The van der Waals surface area contributed by atoms with Crippen molar-refractivity contribution >= 4 is 27.2 Å². The average Bonchev–Trinajstić information content (AvgIpc) is 2.27. The van der Waals surface area contributed by atoms with Crippen molar-refractivity contribution in [2.75, 3.05) is 13.3 Å². The van der Waals surface area contributed by atoms with Gasteiger partial charge in [-0.25, -0.2) is 8.42 Å². The predicted molar refractivity (Wildman–Crippen MR) is 72.8 cm³/mol. The standard InChI is InChI=1S/C11H16N2O2S2/c1-8(13-11(16)12-2)9-4-6-10(7-5-9)17(3,14)15/h4-8H,1-3H3,(H2,12,13,16)/t8-/m1/s1. The second-order valence-corrected chi connectivity index (χ2v) is 6.21. The Morgan fingerprint density at radius 2 is 1.82 bits per heavy atom. The SMILES string of the molecule is CNC(=S)N[C@H](C)c1ccc(S(C)(=O)=O)cc1. The van der Waals surface area contributed by atoms with E-state index in [1.54, 1.807) is 31.3 Å². The smallest absolute Gasteiger partial charge is 0.175 e. The molecule has 1 atom stereocenters. The molecule has 1 aromatic rings. The third-order valence-corrected chi connectivity index (χ3v) is 3.83. The molecule has 0 unspecified atom stereocenters. The molecule has 0 aromatic heterocycles. The second kappa shape index (κ2) is 5.46. The summed E-state index contributed by atoms with van der Waals surface area (Å²) >= 11 is 5.00. The van der Waals surface area contributed by atoms with Crippen LogP contribution in [0.15, 0.2) is 29.2 Å². The molecule has 1 rings (SSSR count). The van der Waals surface area contributed by atoms with Gasteiger partial charge in [0.05, 0.1) is 10.9 Å². The molecule has 2 N–H and O–H groups in total. The Morgan fingerprint density at radius 1 is 1.29 bits per heavy atom. The first-order valence-electron chi connectivity index (χ1n) is 5.13. The quantitative estimate of drug-likeness (QED) is 0.811. The van der Waals surface area contributed by atoms with Crippen LogP contribution in [0.2, 0.25) is 0 Å². The molecule has 0 saturated carbocycles. The zero-order valence-corrected chi connectivity index (χ0v) is 11.7. The van der Waals surface area contributed by atoms with E-state index < -0.39 is 9.84 Å². The molecular formula is C11H16N2O2S2. The number of hydrogen-bond acceptors (Lipinski definition) is 3. The van der Waals surface area contributed by atoms with E-state index in [1.165, 1.54) is 6.26 Å². The lowest BCUT2D eigenvalue weighted by Gasteiger charge is -2.16. The molecule has 0 bridgehead atoms. The number of benzene rings is 1. The van der Waals surface area contributed by atoms with Gasteiger partial charge in [0.25, 0.3) is 0 Å². The van der Waals surface area contributed by atoms with Gasteiger partial charge in [-0.1, -0.05) is 12.1 Å². The maximum Gasteiger partial charge on any atom is 0.175 e. The van der Waals surface area contributed by atoms with Crippen LogP contribution >= 0.6 is 12.2 Å². The molecule has 1 aromatic carbocycles. The van der Waals surface area contributed by atoms with Crippen LogP contribution in [-0.2, 0) is 9.84 Å². The zero-order valence-electron chi connectivity index (χ0n) is 10.0. The van der Waals surface area contributed by atoms with E-state index in [2.05, 4.69) is 10.6 Å². The first kappa shape index (κ1) is 13.9. The van der Waals surface area contributed by atoms with Crippen molar-refractivity contribution < 1.29 is 8.42 Å². The minimum absolute atomic E-state index is 0.0311. The fourth-order valence-electron chi connectivity index (χ4n) is 1.36. The highest BCUT2D eigenvalue weighted by molar-refractivity contribution is 7.90. The highest BCUT2D eigenvalue weighted by atomic mass is 32.2. The fraction of sp³-hybridized carbons (Fsp3) is 0.364. The lowest BCUT2D eigenvalue weighted by atomic mass is 10.1. The van der Waals surface area contributed by atoms with Gasteiger partial charge in [-0.2, -0.15) is 0 Å². The Hall–Kier alpha value is -1.14. The van der Waals surface area contributed by atoms with Crippen molar-refractivity contribution in [2.24, 2.45) is 0 Å². The molecule has 0 fully saturated rings. The molecule has 4 nitrogen and oxygen atoms in total. The topological polar surface area (TPSA) is 58.2 Å². The van der Waals surface area contributed by atoms with Crippen LogP contribution in [0.4, 0.5) is 0 Å². The van der Waals surface area contributed by atoms with Crippen molar-refractivity contribution in [3.8, 4) is 0 Å². The molecule has 0 amide bonds.